The molecule has 3 rings (SSSR count). The molecular formula is C17H17NO5S. The second-order valence-corrected chi connectivity index (χ2v) is 8.08. The Morgan fingerprint density at radius 3 is 2.54 bits per heavy atom. The van der Waals surface area contributed by atoms with Gasteiger partial charge in [0.15, 0.2) is 21.3 Å². The molecule has 0 saturated heterocycles. The van der Waals surface area contributed by atoms with Crippen LogP contribution in [0.3, 0.4) is 0 Å². The Labute approximate surface area is 140 Å². The highest BCUT2D eigenvalue weighted by molar-refractivity contribution is 7.92. The van der Waals surface area contributed by atoms with Gasteiger partial charge in [-0.3, -0.25) is 4.79 Å². The molecule has 0 aliphatic carbocycles. The summed E-state index contributed by atoms with van der Waals surface area (Å²) in [4.78, 5) is 12.6. The van der Waals surface area contributed by atoms with Gasteiger partial charge in [-0.05, 0) is 38.1 Å². The Morgan fingerprint density at radius 2 is 1.79 bits per heavy atom. The third kappa shape index (κ3) is 2.94. The molecule has 1 heterocycles. The minimum Gasteiger partial charge on any atom is -0.454 e. The summed E-state index contributed by atoms with van der Waals surface area (Å²) >= 11 is 0. The van der Waals surface area contributed by atoms with E-state index in [0.29, 0.717) is 17.2 Å². The van der Waals surface area contributed by atoms with Gasteiger partial charge in [-0.15, -0.1) is 0 Å². The maximum absolute atomic E-state index is 12.6. The average molecular weight is 347 g/mol. The first-order valence-electron chi connectivity index (χ1n) is 7.43. The SMILES string of the molecule is CC(C)S(=O)(=O)c1ccccc1C(=O)Nc1ccc2c(c1)OCO2. The monoisotopic (exact) mass is 347 g/mol. The molecule has 24 heavy (non-hydrogen) atoms. The van der Waals surface area contributed by atoms with Crippen molar-refractivity contribution in [3.63, 3.8) is 0 Å². The number of hydrogen-bond acceptors (Lipinski definition) is 5. The molecule has 2 aromatic carbocycles. The van der Waals surface area contributed by atoms with Crippen LogP contribution in [0, 0.1) is 0 Å². The van der Waals surface area contributed by atoms with Crippen LogP contribution in [0.2, 0.25) is 0 Å². The number of ether oxygens (including phenoxy) is 2. The van der Waals surface area contributed by atoms with Crippen molar-refractivity contribution in [1.82, 2.24) is 0 Å². The summed E-state index contributed by atoms with van der Waals surface area (Å²) in [6.45, 7) is 3.31. The number of carbonyl (C=O) groups is 1. The summed E-state index contributed by atoms with van der Waals surface area (Å²) in [5, 5.41) is 2.09. The number of rotatable bonds is 4. The second-order valence-electron chi connectivity index (χ2n) is 5.61. The van der Waals surface area contributed by atoms with Gasteiger partial charge in [-0.25, -0.2) is 8.42 Å². The third-order valence-corrected chi connectivity index (χ3v) is 5.90. The highest BCUT2D eigenvalue weighted by atomic mass is 32.2. The van der Waals surface area contributed by atoms with Crippen LogP contribution in [0.25, 0.3) is 0 Å². The van der Waals surface area contributed by atoms with Gasteiger partial charge in [-0.2, -0.15) is 0 Å². The summed E-state index contributed by atoms with van der Waals surface area (Å²) in [7, 11) is -3.56. The summed E-state index contributed by atoms with van der Waals surface area (Å²) in [5.41, 5.74) is 0.616. The number of hydrogen-bond donors (Lipinski definition) is 1. The van der Waals surface area contributed by atoms with Gasteiger partial charge in [0, 0.05) is 11.8 Å². The zero-order chi connectivity index (χ0) is 17.3. The molecular weight excluding hydrogens is 330 g/mol. The van der Waals surface area contributed by atoms with Crippen LogP contribution in [-0.2, 0) is 9.84 Å². The van der Waals surface area contributed by atoms with Crippen molar-refractivity contribution in [3.8, 4) is 11.5 Å². The molecule has 0 spiro atoms. The first-order valence-corrected chi connectivity index (χ1v) is 8.98. The highest BCUT2D eigenvalue weighted by Gasteiger charge is 2.25. The molecule has 0 bridgehead atoms. The Bertz CT molecular complexity index is 890. The van der Waals surface area contributed by atoms with Crippen molar-refractivity contribution in [2.45, 2.75) is 24.0 Å². The van der Waals surface area contributed by atoms with Crippen molar-refractivity contribution >= 4 is 21.4 Å². The van der Waals surface area contributed by atoms with Crippen molar-refractivity contribution < 1.29 is 22.7 Å². The Hall–Kier alpha value is -2.54. The van der Waals surface area contributed by atoms with Crippen LogP contribution in [0.5, 0.6) is 11.5 Å². The van der Waals surface area contributed by atoms with E-state index in [1.165, 1.54) is 12.1 Å². The Morgan fingerprint density at radius 1 is 1.08 bits per heavy atom. The zero-order valence-electron chi connectivity index (χ0n) is 13.3. The van der Waals surface area contributed by atoms with E-state index < -0.39 is 21.0 Å². The predicted molar refractivity (Wildman–Crippen MR) is 89.3 cm³/mol. The van der Waals surface area contributed by atoms with Crippen molar-refractivity contribution in [2.75, 3.05) is 12.1 Å². The highest BCUT2D eigenvalue weighted by Crippen LogP contribution is 2.34. The molecule has 0 fully saturated rings. The van der Waals surface area contributed by atoms with Crippen LogP contribution < -0.4 is 14.8 Å². The van der Waals surface area contributed by atoms with Crippen LogP contribution in [0.4, 0.5) is 5.69 Å². The van der Waals surface area contributed by atoms with Gasteiger partial charge in [0.2, 0.25) is 6.79 Å². The van der Waals surface area contributed by atoms with Gasteiger partial charge >= 0.3 is 0 Å². The minimum absolute atomic E-state index is 0.0262. The minimum atomic E-state index is -3.56. The fourth-order valence-electron chi connectivity index (χ4n) is 2.33. The van der Waals surface area contributed by atoms with Crippen molar-refractivity contribution in [2.24, 2.45) is 0 Å². The molecule has 6 nitrogen and oxygen atoms in total. The molecule has 0 atom stereocenters. The molecule has 0 saturated carbocycles. The largest absolute Gasteiger partial charge is 0.454 e. The zero-order valence-corrected chi connectivity index (χ0v) is 14.1. The van der Waals surface area contributed by atoms with E-state index in [4.69, 9.17) is 9.47 Å². The van der Waals surface area contributed by atoms with Crippen molar-refractivity contribution in [1.29, 1.82) is 0 Å². The maximum Gasteiger partial charge on any atom is 0.256 e. The topological polar surface area (TPSA) is 81.7 Å². The molecule has 0 radical (unpaired) electrons. The number of sulfone groups is 1. The first kappa shape index (κ1) is 16.3. The molecule has 1 aliphatic rings. The summed E-state index contributed by atoms with van der Waals surface area (Å²) in [6.07, 6.45) is 0. The fourth-order valence-corrected chi connectivity index (χ4v) is 3.57. The van der Waals surface area contributed by atoms with Crippen molar-refractivity contribution in [3.05, 3.63) is 48.0 Å². The van der Waals surface area contributed by atoms with Gasteiger partial charge < -0.3 is 14.8 Å². The molecule has 0 unspecified atom stereocenters. The number of nitrogens with one attached hydrogen (secondary N) is 1. The molecule has 126 valence electrons. The maximum atomic E-state index is 12.6. The lowest BCUT2D eigenvalue weighted by atomic mass is 10.2. The van der Waals surface area contributed by atoms with E-state index in [-0.39, 0.29) is 17.3 Å². The van der Waals surface area contributed by atoms with Crippen LogP contribution >= 0.6 is 0 Å². The van der Waals surface area contributed by atoms with E-state index in [9.17, 15) is 13.2 Å². The van der Waals surface area contributed by atoms with E-state index in [0.717, 1.165) is 0 Å². The van der Waals surface area contributed by atoms with Gasteiger partial charge in [0.1, 0.15) is 0 Å². The number of benzene rings is 2. The number of amides is 1. The van der Waals surface area contributed by atoms with Gasteiger partial charge in [0.05, 0.1) is 15.7 Å². The van der Waals surface area contributed by atoms with E-state index in [1.807, 2.05) is 0 Å². The third-order valence-electron chi connectivity index (χ3n) is 3.69. The second kappa shape index (κ2) is 6.16. The number of carbonyl (C=O) groups excluding carboxylic acids is 1. The number of anilines is 1. The lowest BCUT2D eigenvalue weighted by Gasteiger charge is -2.13. The van der Waals surface area contributed by atoms with Crippen LogP contribution in [-0.4, -0.2) is 26.4 Å². The summed E-state index contributed by atoms with van der Waals surface area (Å²) in [5.74, 6) is 0.653. The molecule has 2 aromatic rings. The Kier molecular flexibility index (Phi) is 4.19. The van der Waals surface area contributed by atoms with E-state index in [1.54, 1.807) is 44.2 Å². The smallest absolute Gasteiger partial charge is 0.256 e. The van der Waals surface area contributed by atoms with Gasteiger partial charge in [-0.1, -0.05) is 12.1 Å². The first-order chi connectivity index (χ1) is 11.4. The number of fused-ring (bicyclic) bond motifs is 1. The molecule has 1 aliphatic heterocycles. The fraction of sp³-hybridized carbons (Fsp3) is 0.235. The summed E-state index contributed by atoms with van der Waals surface area (Å²) < 4.78 is 35.4. The molecule has 1 N–H and O–H groups in total. The molecule has 0 aromatic heterocycles. The summed E-state index contributed by atoms with van der Waals surface area (Å²) in [6, 6.07) is 11.2. The average Bonchev–Trinajstić information content (AvgIpc) is 3.02. The van der Waals surface area contributed by atoms with Crippen LogP contribution in [0.1, 0.15) is 24.2 Å². The molecule has 1 amide bonds. The molecule has 7 heteroatoms. The lowest BCUT2D eigenvalue weighted by Crippen LogP contribution is -2.20. The lowest BCUT2D eigenvalue weighted by molar-refractivity contribution is 0.102. The Balaban J connectivity index is 1.91. The van der Waals surface area contributed by atoms with Gasteiger partial charge in [0.25, 0.3) is 5.91 Å². The quantitative estimate of drug-likeness (QED) is 0.920. The normalized spacial score (nSPS) is 13.1. The van der Waals surface area contributed by atoms with Crippen LogP contribution in [0.15, 0.2) is 47.4 Å². The van der Waals surface area contributed by atoms with E-state index in [2.05, 4.69) is 5.32 Å². The predicted octanol–water partition coefficient (Wildman–Crippen LogP) is 2.85. The van der Waals surface area contributed by atoms with E-state index >= 15 is 0 Å². The standard InChI is InChI=1S/C17H17NO5S/c1-11(2)24(20,21)16-6-4-3-5-13(16)17(19)18-12-7-8-14-15(9-12)23-10-22-14/h3-9,11H,10H2,1-2H3,(H,18,19).